The van der Waals surface area contributed by atoms with Crippen LogP contribution in [0.4, 0.5) is 0 Å². The van der Waals surface area contributed by atoms with Gasteiger partial charge in [-0.25, -0.2) is 0 Å². The summed E-state index contributed by atoms with van der Waals surface area (Å²) in [6, 6.07) is 12.2. The number of morpholine rings is 1. The second-order valence-corrected chi connectivity index (χ2v) is 9.43. The third-order valence-electron chi connectivity index (χ3n) is 6.26. The van der Waals surface area contributed by atoms with Crippen molar-refractivity contribution in [1.29, 1.82) is 0 Å². The Kier molecular flexibility index (Phi) is 7.38. The smallest absolute Gasteiger partial charge is 0.251 e. The van der Waals surface area contributed by atoms with Crippen molar-refractivity contribution in [2.45, 2.75) is 46.6 Å². The quantitative estimate of drug-likeness (QED) is 0.578. The summed E-state index contributed by atoms with van der Waals surface area (Å²) in [5.41, 5.74) is 5.67. The Morgan fingerprint density at radius 3 is 2.47 bits per heavy atom. The Morgan fingerprint density at radius 1 is 1.09 bits per heavy atom. The molecule has 1 amide bonds. The molecule has 1 fully saturated rings. The zero-order valence-corrected chi connectivity index (χ0v) is 20.7. The van der Waals surface area contributed by atoms with Crippen LogP contribution in [0.2, 0.25) is 0 Å². The molecule has 1 aromatic heterocycles. The van der Waals surface area contributed by atoms with Crippen LogP contribution < -0.4 is 5.32 Å². The van der Waals surface area contributed by atoms with Gasteiger partial charge in [-0.3, -0.25) is 9.69 Å². The molecular weight excluding hydrogens is 428 g/mol. The molecule has 34 heavy (non-hydrogen) atoms. The number of nitrogens with one attached hydrogen (secondary N) is 1. The molecule has 1 saturated heterocycles. The molecule has 180 valence electrons. The lowest BCUT2D eigenvalue weighted by Gasteiger charge is -2.29. The second kappa shape index (κ2) is 10.4. The van der Waals surface area contributed by atoms with Crippen LogP contribution in [0.3, 0.4) is 0 Å². The van der Waals surface area contributed by atoms with Crippen molar-refractivity contribution < 1.29 is 9.53 Å². The van der Waals surface area contributed by atoms with E-state index in [0.29, 0.717) is 5.56 Å². The SMILES string of the molecule is Cc1ccc(-c2cc(C(=O)NC(C)CN3CCOCC3)cc(-n3nnnc3C(C)C)c2C)cc1. The molecule has 2 heterocycles. The zero-order valence-electron chi connectivity index (χ0n) is 20.7. The zero-order chi connectivity index (χ0) is 24.2. The van der Waals surface area contributed by atoms with Crippen LogP contribution in [0.5, 0.6) is 0 Å². The van der Waals surface area contributed by atoms with Crippen molar-refractivity contribution in [2.24, 2.45) is 0 Å². The molecule has 1 unspecified atom stereocenters. The topological polar surface area (TPSA) is 85.2 Å². The number of carbonyl (C=O) groups is 1. The fourth-order valence-electron chi connectivity index (χ4n) is 4.33. The molecule has 0 aliphatic carbocycles. The number of carbonyl (C=O) groups excluding carboxylic acids is 1. The van der Waals surface area contributed by atoms with Gasteiger partial charge in [-0.1, -0.05) is 43.7 Å². The number of benzene rings is 2. The molecule has 1 aliphatic rings. The third kappa shape index (κ3) is 5.34. The maximum absolute atomic E-state index is 13.4. The van der Waals surface area contributed by atoms with E-state index in [4.69, 9.17) is 4.74 Å². The monoisotopic (exact) mass is 462 g/mol. The molecule has 0 saturated carbocycles. The molecule has 0 spiro atoms. The second-order valence-electron chi connectivity index (χ2n) is 9.43. The average Bonchev–Trinajstić information content (AvgIpc) is 3.30. The number of aryl methyl sites for hydroxylation is 1. The van der Waals surface area contributed by atoms with Crippen LogP contribution in [0.15, 0.2) is 36.4 Å². The summed E-state index contributed by atoms with van der Waals surface area (Å²) in [6.07, 6.45) is 0. The summed E-state index contributed by atoms with van der Waals surface area (Å²) in [5.74, 6) is 0.800. The molecular formula is C26H34N6O2. The van der Waals surface area contributed by atoms with E-state index in [-0.39, 0.29) is 17.9 Å². The minimum Gasteiger partial charge on any atom is -0.379 e. The summed E-state index contributed by atoms with van der Waals surface area (Å²) in [7, 11) is 0. The van der Waals surface area contributed by atoms with Gasteiger partial charge in [0.1, 0.15) is 0 Å². The number of hydrogen-bond donors (Lipinski definition) is 1. The standard InChI is InChI=1S/C26H34N6O2/c1-17(2)25-28-29-30-32(25)24-15-22(14-23(20(24)5)21-8-6-18(3)7-9-21)26(33)27-19(4)16-31-10-12-34-13-11-31/h6-9,14-15,17,19H,10-13,16H2,1-5H3,(H,27,33). The largest absolute Gasteiger partial charge is 0.379 e. The van der Waals surface area contributed by atoms with Gasteiger partial charge in [0.05, 0.1) is 18.9 Å². The van der Waals surface area contributed by atoms with Gasteiger partial charge in [-0.15, -0.1) is 5.10 Å². The fourth-order valence-corrected chi connectivity index (χ4v) is 4.33. The minimum absolute atomic E-state index is 0.0115. The van der Waals surface area contributed by atoms with Crippen molar-refractivity contribution in [3.8, 4) is 16.8 Å². The molecule has 4 rings (SSSR count). The average molecular weight is 463 g/mol. The summed E-state index contributed by atoms with van der Waals surface area (Å²) < 4.78 is 7.19. The lowest BCUT2D eigenvalue weighted by atomic mass is 9.95. The first-order valence-corrected chi connectivity index (χ1v) is 11.9. The van der Waals surface area contributed by atoms with Gasteiger partial charge in [0.15, 0.2) is 5.82 Å². The Balaban J connectivity index is 1.70. The summed E-state index contributed by atoms with van der Waals surface area (Å²) >= 11 is 0. The van der Waals surface area contributed by atoms with E-state index >= 15 is 0 Å². The van der Waals surface area contributed by atoms with Crippen molar-refractivity contribution in [2.75, 3.05) is 32.8 Å². The highest BCUT2D eigenvalue weighted by atomic mass is 16.5. The molecule has 1 N–H and O–H groups in total. The molecule has 8 nitrogen and oxygen atoms in total. The van der Waals surface area contributed by atoms with E-state index < -0.39 is 0 Å². The van der Waals surface area contributed by atoms with E-state index in [9.17, 15) is 4.79 Å². The van der Waals surface area contributed by atoms with Gasteiger partial charge >= 0.3 is 0 Å². The van der Waals surface area contributed by atoms with Gasteiger partial charge in [0.2, 0.25) is 0 Å². The number of tetrazole rings is 1. The number of ether oxygens (including phenoxy) is 1. The summed E-state index contributed by atoms with van der Waals surface area (Å²) in [5, 5.41) is 15.6. The molecule has 0 bridgehead atoms. The third-order valence-corrected chi connectivity index (χ3v) is 6.26. The van der Waals surface area contributed by atoms with Gasteiger partial charge < -0.3 is 10.1 Å². The van der Waals surface area contributed by atoms with Gasteiger partial charge in [-0.2, -0.15) is 4.68 Å². The maximum atomic E-state index is 13.4. The van der Waals surface area contributed by atoms with E-state index in [1.54, 1.807) is 4.68 Å². The lowest BCUT2D eigenvalue weighted by Crippen LogP contribution is -2.46. The number of nitrogens with zero attached hydrogens (tertiary/aromatic N) is 5. The number of hydrogen-bond acceptors (Lipinski definition) is 6. The first-order valence-electron chi connectivity index (χ1n) is 11.9. The summed E-state index contributed by atoms with van der Waals surface area (Å²) in [4.78, 5) is 15.7. The molecule has 1 aliphatic heterocycles. The van der Waals surface area contributed by atoms with E-state index in [0.717, 1.165) is 61.1 Å². The number of aromatic nitrogens is 4. The highest BCUT2D eigenvalue weighted by molar-refractivity contribution is 5.97. The fraction of sp³-hybridized carbons (Fsp3) is 0.462. The van der Waals surface area contributed by atoms with Crippen LogP contribution in [0.25, 0.3) is 16.8 Å². The molecule has 1 atom stereocenters. The van der Waals surface area contributed by atoms with Gasteiger partial charge in [0.25, 0.3) is 5.91 Å². The summed E-state index contributed by atoms with van der Waals surface area (Å²) in [6.45, 7) is 14.3. The van der Waals surface area contributed by atoms with Crippen LogP contribution in [-0.4, -0.2) is 69.9 Å². The minimum atomic E-state index is -0.102. The Morgan fingerprint density at radius 2 is 1.79 bits per heavy atom. The van der Waals surface area contributed by atoms with Crippen molar-refractivity contribution >= 4 is 5.91 Å². The van der Waals surface area contributed by atoms with Crippen molar-refractivity contribution in [3.05, 3.63) is 58.9 Å². The van der Waals surface area contributed by atoms with Crippen LogP contribution in [0.1, 0.15) is 54.0 Å². The Labute approximate surface area is 201 Å². The molecule has 0 radical (unpaired) electrons. The first kappa shape index (κ1) is 24.0. The molecule has 8 heteroatoms. The highest BCUT2D eigenvalue weighted by Crippen LogP contribution is 2.31. The van der Waals surface area contributed by atoms with E-state index in [1.807, 2.05) is 19.1 Å². The first-order chi connectivity index (χ1) is 16.3. The van der Waals surface area contributed by atoms with Crippen LogP contribution in [-0.2, 0) is 4.74 Å². The van der Waals surface area contributed by atoms with Crippen LogP contribution in [0, 0.1) is 13.8 Å². The Hall–Kier alpha value is -3.10. The lowest BCUT2D eigenvalue weighted by molar-refractivity contribution is 0.0342. The van der Waals surface area contributed by atoms with Crippen molar-refractivity contribution in [1.82, 2.24) is 30.4 Å². The molecule has 3 aromatic rings. The predicted octanol–water partition coefficient (Wildman–Crippen LogP) is 3.52. The van der Waals surface area contributed by atoms with Crippen molar-refractivity contribution in [3.63, 3.8) is 0 Å². The maximum Gasteiger partial charge on any atom is 0.251 e. The molecule has 2 aromatic carbocycles. The number of rotatable bonds is 7. The Bertz CT molecular complexity index is 1130. The van der Waals surface area contributed by atoms with Gasteiger partial charge in [0, 0.05) is 37.2 Å². The number of amides is 1. The van der Waals surface area contributed by atoms with Gasteiger partial charge in [-0.05, 0) is 60.0 Å². The predicted molar refractivity (Wildman–Crippen MR) is 132 cm³/mol. The normalized spacial score (nSPS) is 15.5. The van der Waals surface area contributed by atoms with E-state index in [1.165, 1.54) is 5.56 Å². The van der Waals surface area contributed by atoms with E-state index in [2.05, 4.69) is 77.7 Å². The highest BCUT2D eigenvalue weighted by Gasteiger charge is 2.21. The van der Waals surface area contributed by atoms with Crippen LogP contribution >= 0.6 is 0 Å².